The van der Waals surface area contributed by atoms with Crippen molar-refractivity contribution >= 4 is 34.0 Å². The number of hydrogen-bond acceptors (Lipinski definition) is 10. The van der Waals surface area contributed by atoms with E-state index in [4.69, 9.17) is 19.4 Å². The number of aliphatic hydroxyl groups is 1. The Morgan fingerprint density at radius 3 is 2.56 bits per heavy atom. The van der Waals surface area contributed by atoms with E-state index in [-0.39, 0.29) is 0 Å². The van der Waals surface area contributed by atoms with Crippen LogP contribution >= 0.6 is 0 Å². The maximum Gasteiger partial charge on any atom is 0.229 e. The van der Waals surface area contributed by atoms with E-state index < -0.39 is 6.23 Å². The fourth-order valence-corrected chi connectivity index (χ4v) is 4.67. The normalized spacial score (nSPS) is 13.7. The summed E-state index contributed by atoms with van der Waals surface area (Å²) in [6.45, 7) is 5.34. The van der Waals surface area contributed by atoms with Crippen molar-refractivity contribution < 1.29 is 14.6 Å². The highest BCUT2D eigenvalue weighted by molar-refractivity contribution is 5.82. The van der Waals surface area contributed by atoms with Crippen LogP contribution in [-0.2, 0) is 0 Å². The molecule has 11 heteroatoms. The van der Waals surface area contributed by atoms with Gasteiger partial charge in [-0.1, -0.05) is 6.58 Å². The molecule has 0 spiro atoms. The van der Waals surface area contributed by atoms with Crippen molar-refractivity contribution in [3.63, 3.8) is 0 Å². The van der Waals surface area contributed by atoms with Gasteiger partial charge in [-0.2, -0.15) is 4.98 Å². The highest BCUT2D eigenvalue weighted by Gasteiger charge is 2.30. The van der Waals surface area contributed by atoms with Crippen LogP contribution in [0.25, 0.3) is 16.9 Å². The number of aromatic nitrogens is 4. The van der Waals surface area contributed by atoms with E-state index in [2.05, 4.69) is 36.6 Å². The molecule has 1 unspecified atom stereocenters. The van der Waals surface area contributed by atoms with E-state index in [1.165, 1.54) is 6.08 Å². The highest BCUT2D eigenvalue weighted by atomic mass is 16.5. The number of ether oxygens (including phenoxy) is 2. The molecule has 41 heavy (non-hydrogen) atoms. The molecule has 2 aromatic heterocycles. The smallest absolute Gasteiger partial charge is 0.229 e. The number of aliphatic hydroxyl groups excluding tert-OH is 1. The Bertz CT molecular complexity index is 1530. The monoisotopic (exact) mass is 558 g/mol. The molecule has 0 saturated heterocycles. The Kier molecular flexibility index (Phi) is 8.27. The van der Waals surface area contributed by atoms with Crippen molar-refractivity contribution in [3.8, 4) is 17.3 Å². The lowest BCUT2D eigenvalue weighted by atomic mass is 10.2. The molecular formula is C30H38N8O3. The van der Waals surface area contributed by atoms with Crippen molar-refractivity contribution in [1.29, 1.82) is 0 Å². The summed E-state index contributed by atoms with van der Waals surface area (Å²) < 4.78 is 13.3. The SMILES string of the molecule is C=CC(O)Nc1cc(Nc2nccc(-n3c(C4CC4)nc4cc(OC)ccc43)n2)c(OC)cc1N(C)CCN(C)C. The fraction of sp³-hybridized carbons (Fsp3) is 0.367. The number of imidazole rings is 1. The fourth-order valence-electron chi connectivity index (χ4n) is 4.67. The van der Waals surface area contributed by atoms with Gasteiger partial charge in [-0.05, 0) is 57.3 Å². The first kappa shape index (κ1) is 28.2. The standard InChI is InChI=1S/C30H38N8O3/c1-7-28(39)32-22-17-23(26(41-6)18-25(22)37(4)15-14-36(2)3)34-30-31-13-12-27(35-30)38-24-11-10-20(40-5)16-21(24)33-29(38)19-8-9-19/h7,10-13,16-19,28,32,39H,1,8-9,14-15H2,2-6H3,(H,31,34,35). The maximum absolute atomic E-state index is 10.3. The molecule has 2 heterocycles. The van der Waals surface area contributed by atoms with E-state index in [9.17, 15) is 5.11 Å². The zero-order valence-corrected chi connectivity index (χ0v) is 24.3. The third-order valence-electron chi connectivity index (χ3n) is 7.08. The Balaban J connectivity index is 1.51. The molecule has 216 valence electrons. The van der Waals surface area contributed by atoms with Gasteiger partial charge < -0.3 is 35.0 Å². The summed E-state index contributed by atoms with van der Waals surface area (Å²) in [6.07, 6.45) is 4.46. The summed E-state index contributed by atoms with van der Waals surface area (Å²) >= 11 is 0. The lowest BCUT2D eigenvalue weighted by Gasteiger charge is -2.27. The van der Waals surface area contributed by atoms with Crippen LogP contribution in [-0.4, -0.2) is 84.2 Å². The number of likely N-dealkylation sites (N-methyl/N-ethyl adjacent to an activating group) is 2. The number of nitrogens with zero attached hydrogens (tertiary/aromatic N) is 6. The predicted octanol–water partition coefficient (Wildman–Crippen LogP) is 4.37. The minimum atomic E-state index is -0.925. The van der Waals surface area contributed by atoms with E-state index in [0.29, 0.717) is 29.0 Å². The van der Waals surface area contributed by atoms with Crippen molar-refractivity contribution in [2.45, 2.75) is 25.0 Å². The number of rotatable bonds is 13. The molecule has 0 bridgehead atoms. The first-order valence-corrected chi connectivity index (χ1v) is 13.6. The lowest BCUT2D eigenvalue weighted by Crippen LogP contribution is -2.29. The minimum absolute atomic E-state index is 0.404. The van der Waals surface area contributed by atoms with Gasteiger partial charge in [-0.3, -0.25) is 4.57 Å². The molecule has 0 radical (unpaired) electrons. The van der Waals surface area contributed by atoms with Gasteiger partial charge in [-0.15, -0.1) is 0 Å². The average Bonchev–Trinajstić information content (AvgIpc) is 3.75. The molecule has 3 N–H and O–H groups in total. The van der Waals surface area contributed by atoms with E-state index in [1.54, 1.807) is 20.4 Å². The van der Waals surface area contributed by atoms with Crippen LogP contribution in [0.2, 0.25) is 0 Å². The Hall–Kier alpha value is -4.35. The molecule has 4 aromatic rings. The first-order chi connectivity index (χ1) is 19.8. The Morgan fingerprint density at radius 2 is 1.88 bits per heavy atom. The molecular weight excluding hydrogens is 520 g/mol. The van der Waals surface area contributed by atoms with E-state index in [0.717, 1.165) is 60.0 Å². The second-order valence-electron chi connectivity index (χ2n) is 10.4. The second-order valence-corrected chi connectivity index (χ2v) is 10.4. The number of fused-ring (bicyclic) bond motifs is 1. The summed E-state index contributed by atoms with van der Waals surface area (Å²) in [5, 5.41) is 16.8. The van der Waals surface area contributed by atoms with Crippen molar-refractivity contribution in [1.82, 2.24) is 24.4 Å². The van der Waals surface area contributed by atoms with Crippen LogP contribution in [0.4, 0.5) is 23.0 Å². The topological polar surface area (TPSA) is 113 Å². The second kappa shape index (κ2) is 12.0. The minimum Gasteiger partial charge on any atom is -0.497 e. The summed E-state index contributed by atoms with van der Waals surface area (Å²) in [6, 6.07) is 11.6. The van der Waals surface area contributed by atoms with Gasteiger partial charge in [-0.25, -0.2) is 9.97 Å². The third-order valence-corrected chi connectivity index (χ3v) is 7.08. The van der Waals surface area contributed by atoms with Crippen LogP contribution in [0.15, 0.2) is 55.3 Å². The van der Waals surface area contributed by atoms with Gasteiger partial charge in [0.15, 0.2) is 0 Å². The Morgan fingerprint density at radius 1 is 1.07 bits per heavy atom. The number of methoxy groups -OCH3 is 2. The molecule has 0 aliphatic heterocycles. The average molecular weight is 559 g/mol. The number of benzene rings is 2. The molecule has 1 fully saturated rings. The lowest BCUT2D eigenvalue weighted by molar-refractivity contribution is 0.253. The summed E-state index contributed by atoms with van der Waals surface area (Å²) in [7, 11) is 9.36. The van der Waals surface area contributed by atoms with Gasteiger partial charge in [0.1, 0.15) is 29.4 Å². The van der Waals surface area contributed by atoms with Gasteiger partial charge >= 0.3 is 0 Å². The van der Waals surface area contributed by atoms with Crippen molar-refractivity contribution in [2.24, 2.45) is 0 Å². The Labute approximate surface area is 240 Å². The highest BCUT2D eigenvalue weighted by Crippen LogP contribution is 2.42. The molecule has 1 saturated carbocycles. The molecule has 1 aliphatic carbocycles. The third kappa shape index (κ3) is 6.21. The molecule has 5 rings (SSSR count). The van der Waals surface area contributed by atoms with Gasteiger partial charge in [0.2, 0.25) is 5.95 Å². The zero-order valence-electron chi connectivity index (χ0n) is 24.3. The molecule has 1 atom stereocenters. The number of anilines is 4. The van der Waals surface area contributed by atoms with Gasteiger partial charge in [0.25, 0.3) is 0 Å². The quantitative estimate of drug-likeness (QED) is 0.162. The largest absolute Gasteiger partial charge is 0.497 e. The molecule has 2 aromatic carbocycles. The van der Waals surface area contributed by atoms with Crippen molar-refractivity contribution in [2.75, 3.05) is 64.0 Å². The van der Waals surface area contributed by atoms with Crippen molar-refractivity contribution in [3.05, 3.63) is 61.1 Å². The number of nitrogens with one attached hydrogen (secondary N) is 2. The van der Waals surface area contributed by atoms with Crippen LogP contribution in [0, 0.1) is 0 Å². The van der Waals surface area contributed by atoms with Gasteiger partial charge in [0, 0.05) is 44.4 Å². The molecule has 1 aliphatic rings. The molecule has 0 amide bonds. The summed E-state index contributed by atoms with van der Waals surface area (Å²) in [4.78, 5) is 18.5. The predicted molar refractivity (Wildman–Crippen MR) is 163 cm³/mol. The zero-order chi connectivity index (χ0) is 29.1. The summed E-state index contributed by atoms with van der Waals surface area (Å²) in [5.74, 6) is 3.90. The van der Waals surface area contributed by atoms with E-state index in [1.807, 2.05) is 57.5 Å². The van der Waals surface area contributed by atoms with E-state index >= 15 is 0 Å². The number of hydrogen-bond donors (Lipinski definition) is 3. The van der Waals surface area contributed by atoms with Gasteiger partial charge in [0.05, 0.1) is 42.3 Å². The molecule has 11 nitrogen and oxygen atoms in total. The maximum atomic E-state index is 10.3. The van der Waals surface area contributed by atoms with Crippen LogP contribution < -0.4 is 25.0 Å². The van der Waals surface area contributed by atoms with Crippen LogP contribution in [0.1, 0.15) is 24.6 Å². The van der Waals surface area contributed by atoms with Crippen LogP contribution in [0.3, 0.4) is 0 Å². The van der Waals surface area contributed by atoms with Crippen LogP contribution in [0.5, 0.6) is 11.5 Å². The first-order valence-electron chi connectivity index (χ1n) is 13.6. The summed E-state index contributed by atoms with van der Waals surface area (Å²) in [5.41, 5.74) is 4.06.